The molecular formula is C13H9NO2S. The largest absolute Gasteiger partial charge is 0.477 e. The standard InChI is InChI=1S/C13H9NO2S/c1-9-12(13(15)16)17-11(14-9)8-7-10-5-3-2-4-6-10/h2-6H,1H3,(H,15,16). The van der Waals surface area contributed by atoms with Gasteiger partial charge in [-0.1, -0.05) is 35.5 Å². The van der Waals surface area contributed by atoms with Crippen molar-refractivity contribution in [3.63, 3.8) is 0 Å². The zero-order chi connectivity index (χ0) is 12.3. The maximum Gasteiger partial charge on any atom is 0.347 e. The Morgan fingerprint density at radius 2 is 2.00 bits per heavy atom. The van der Waals surface area contributed by atoms with Crippen LogP contribution >= 0.6 is 11.3 Å². The van der Waals surface area contributed by atoms with Crippen LogP contribution in [0.4, 0.5) is 0 Å². The molecule has 0 atom stereocenters. The number of carboxylic acids is 1. The minimum Gasteiger partial charge on any atom is -0.477 e. The second-order valence-electron chi connectivity index (χ2n) is 3.35. The van der Waals surface area contributed by atoms with Gasteiger partial charge in [0.1, 0.15) is 4.88 Å². The van der Waals surface area contributed by atoms with Crippen LogP contribution < -0.4 is 0 Å². The van der Waals surface area contributed by atoms with E-state index in [4.69, 9.17) is 5.11 Å². The molecule has 0 saturated carbocycles. The summed E-state index contributed by atoms with van der Waals surface area (Å²) in [6.45, 7) is 1.67. The Hall–Kier alpha value is -2.12. The van der Waals surface area contributed by atoms with E-state index in [1.165, 1.54) is 0 Å². The van der Waals surface area contributed by atoms with Crippen LogP contribution in [0.15, 0.2) is 30.3 Å². The number of hydrogen-bond acceptors (Lipinski definition) is 3. The van der Waals surface area contributed by atoms with Gasteiger partial charge in [0, 0.05) is 5.56 Å². The molecule has 0 spiro atoms. The molecule has 2 rings (SSSR count). The molecule has 0 aliphatic rings. The van der Waals surface area contributed by atoms with E-state index >= 15 is 0 Å². The minimum atomic E-state index is -0.951. The van der Waals surface area contributed by atoms with Gasteiger partial charge in [-0.25, -0.2) is 9.78 Å². The van der Waals surface area contributed by atoms with Crippen LogP contribution in [0.2, 0.25) is 0 Å². The highest BCUT2D eigenvalue weighted by atomic mass is 32.1. The Kier molecular flexibility index (Phi) is 3.22. The van der Waals surface area contributed by atoms with Crippen molar-refractivity contribution in [3.8, 4) is 11.8 Å². The Morgan fingerprint density at radius 1 is 1.29 bits per heavy atom. The van der Waals surface area contributed by atoms with E-state index in [0.717, 1.165) is 16.9 Å². The Bertz CT molecular complexity index is 605. The third-order valence-corrected chi connectivity index (χ3v) is 3.14. The Labute approximate surface area is 103 Å². The number of carbonyl (C=O) groups is 1. The van der Waals surface area contributed by atoms with Gasteiger partial charge in [-0.2, -0.15) is 0 Å². The number of benzene rings is 1. The highest BCUT2D eigenvalue weighted by Crippen LogP contribution is 2.16. The van der Waals surface area contributed by atoms with Crippen molar-refractivity contribution >= 4 is 17.3 Å². The van der Waals surface area contributed by atoms with E-state index in [0.29, 0.717) is 10.7 Å². The van der Waals surface area contributed by atoms with Crippen LogP contribution in [0.3, 0.4) is 0 Å². The van der Waals surface area contributed by atoms with E-state index in [1.807, 2.05) is 30.3 Å². The molecule has 0 aliphatic carbocycles. The summed E-state index contributed by atoms with van der Waals surface area (Å²) in [6.07, 6.45) is 0. The smallest absolute Gasteiger partial charge is 0.347 e. The summed E-state index contributed by atoms with van der Waals surface area (Å²) >= 11 is 1.10. The lowest BCUT2D eigenvalue weighted by molar-refractivity contribution is 0.0701. The quantitative estimate of drug-likeness (QED) is 0.783. The first-order valence-electron chi connectivity index (χ1n) is 4.94. The molecule has 1 aromatic heterocycles. The number of aromatic nitrogens is 1. The predicted molar refractivity (Wildman–Crippen MR) is 66.2 cm³/mol. The lowest BCUT2D eigenvalue weighted by atomic mass is 10.2. The molecule has 3 nitrogen and oxygen atoms in total. The first-order chi connectivity index (χ1) is 8.16. The fourth-order valence-electron chi connectivity index (χ4n) is 1.30. The Balaban J connectivity index is 2.29. The average Bonchev–Trinajstić information content (AvgIpc) is 2.69. The van der Waals surface area contributed by atoms with E-state index < -0.39 is 5.97 Å². The zero-order valence-corrected chi connectivity index (χ0v) is 9.91. The number of rotatable bonds is 1. The van der Waals surface area contributed by atoms with Crippen molar-refractivity contribution in [1.82, 2.24) is 4.98 Å². The van der Waals surface area contributed by atoms with Crippen LogP contribution in [0, 0.1) is 18.8 Å². The third-order valence-electron chi connectivity index (χ3n) is 2.08. The minimum absolute atomic E-state index is 0.252. The number of hydrogen-bond donors (Lipinski definition) is 1. The molecular weight excluding hydrogens is 234 g/mol. The summed E-state index contributed by atoms with van der Waals surface area (Å²) in [4.78, 5) is 15.2. The summed E-state index contributed by atoms with van der Waals surface area (Å²) in [7, 11) is 0. The summed E-state index contributed by atoms with van der Waals surface area (Å²) in [5.41, 5.74) is 1.40. The van der Waals surface area contributed by atoms with Crippen LogP contribution in [0.25, 0.3) is 0 Å². The van der Waals surface area contributed by atoms with Crippen LogP contribution in [0.1, 0.15) is 25.9 Å². The summed E-state index contributed by atoms with van der Waals surface area (Å²) < 4.78 is 0. The molecule has 0 unspecified atom stereocenters. The van der Waals surface area contributed by atoms with Gasteiger partial charge >= 0.3 is 5.97 Å². The molecule has 84 valence electrons. The third kappa shape index (κ3) is 2.71. The van der Waals surface area contributed by atoms with E-state index in [9.17, 15) is 4.79 Å². The molecule has 1 aromatic carbocycles. The zero-order valence-electron chi connectivity index (χ0n) is 9.10. The molecule has 0 aliphatic heterocycles. The summed E-state index contributed by atoms with van der Waals surface area (Å²) in [5, 5.41) is 9.42. The van der Waals surface area contributed by atoms with Crippen molar-refractivity contribution in [3.05, 3.63) is 51.5 Å². The van der Waals surface area contributed by atoms with E-state index in [2.05, 4.69) is 16.8 Å². The molecule has 2 aromatic rings. The van der Waals surface area contributed by atoms with E-state index in [1.54, 1.807) is 6.92 Å². The van der Waals surface area contributed by atoms with Crippen molar-refractivity contribution in [2.24, 2.45) is 0 Å². The lowest BCUT2D eigenvalue weighted by Crippen LogP contribution is -1.94. The number of aromatic carboxylic acids is 1. The second kappa shape index (κ2) is 4.81. The summed E-state index contributed by atoms with van der Waals surface area (Å²) in [6, 6.07) is 9.51. The fourth-order valence-corrected chi connectivity index (χ4v) is 2.05. The molecule has 0 radical (unpaired) electrons. The average molecular weight is 243 g/mol. The molecule has 1 N–H and O–H groups in total. The first kappa shape index (κ1) is 11.4. The molecule has 17 heavy (non-hydrogen) atoms. The first-order valence-corrected chi connectivity index (χ1v) is 5.76. The highest BCUT2D eigenvalue weighted by Gasteiger charge is 2.12. The van der Waals surface area contributed by atoms with Gasteiger partial charge < -0.3 is 5.11 Å². The van der Waals surface area contributed by atoms with Crippen molar-refractivity contribution < 1.29 is 9.90 Å². The fraction of sp³-hybridized carbons (Fsp3) is 0.0769. The van der Waals surface area contributed by atoms with Gasteiger partial charge in [-0.05, 0) is 25.0 Å². The Morgan fingerprint density at radius 3 is 2.59 bits per heavy atom. The van der Waals surface area contributed by atoms with Gasteiger partial charge in [0.2, 0.25) is 0 Å². The number of nitrogens with zero attached hydrogens (tertiary/aromatic N) is 1. The van der Waals surface area contributed by atoms with Crippen LogP contribution in [-0.4, -0.2) is 16.1 Å². The topological polar surface area (TPSA) is 50.2 Å². The van der Waals surface area contributed by atoms with Crippen molar-refractivity contribution in [2.45, 2.75) is 6.92 Å². The van der Waals surface area contributed by atoms with Crippen LogP contribution in [0.5, 0.6) is 0 Å². The SMILES string of the molecule is Cc1nc(C#Cc2ccccc2)sc1C(=O)O. The number of aryl methyl sites for hydroxylation is 1. The molecule has 0 fully saturated rings. The van der Waals surface area contributed by atoms with Gasteiger partial charge in [-0.15, -0.1) is 0 Å². The normalized spacial score (nSPS) is 9.47. The van der Waals surface area contributed by atoms with Crippen LogP contribution in [-0.2, 0) is 0 Å². The highest BCUT2D eigenvalue weighted by molar-refractivity contribution is 7.14. The lowest BCUT2D eigenvalue weighted by Gasteiger charge is -1.85. The predicted octanol–water partition coefficient (Wildman–Crippen LogP) is 2.55. The molecule has 4 heteroatoms. The van der Waals surface area contributed by atoms with Crippen molar-refractivity contribution in [2.75, 3.05) is 0 Å². The van der Waals surface area contributed by atoms with Gasteiger partial charge in [0.25, 0.3) is 0 Å². The van der Waals surface area contributed by atoms with Gasteiger partial charge in [0.15, 0.2) is 5.01 Å². The maximum absolute atomic E-state index is 10.8. The number of carboxylic acid groups (broad SMARTS) is 1. The van der Waals surface area contributed by atoms with E-state index in [-0.39, 0.29) is 4.88 Å². The maximum atomic E-state index is 10.8. The summed E-state index contributed by atoms with van der Waals surface area (Å²) in [5.74, 6) is 4.87. The van der Waals surface area contributed by atoms with Crippen molar-refractivity contribution in [1.29, 1.82) is 0 Å². The molecule has 0 bridgehead atoms. The second-order valence-corrected chi connectivity index (χ2v) is 4.35. The molecule has 1 heterocycles. The molecule has 0 amide bonds. The monoisotopic (exact) mass is 243 g/mol. The van der Waals surface area contributed by atoms with Gasteiger partial charge in [0.05, 0.1) is 5.69 Å². The number of thiazole rings is 1. The van der Waals surface area contributed by atoms with Gasteiger partial charge in [-0.3, -0.25) is 0 Å². The molecule has 0 saturated heterocycles.